The van der Waals surface area contributed by atoms with Gasteiger partial charge in [-0.1, -0.05) is 11.6 Å². The van der Waals surface area contributed by atoms with Crippen LogP contribution in [0.3, 0.4) is 0 Å². The molecule has 2 aromatic rings. The molecule has 0 spiro atoms. The maximum atomic E-state index is 9.38. The van der Waals surface area contributed by atoms with Crippen molar-refractivity contribution in [2.45, 2.75) is 0 Å². The Kier molecular flexibility index (Phi) is 3.20. The zero-order valence-electron chi connectivity index (χ0n) is 7.25. The molecule has 15 heavy (non-hydrogen) atoms. The Morgan fingerprint density at radius 1 is 1.53 bits per heavy atom. The van der Waals surface area contributed by atoms with Crippen molar-refractivity contribution in [1.29, 1.82) is 0 Å². The highest BCUT2D eigenvalue weighted by molar-refractivity contribution is 7.73. The summed E-state index contributed by atoms with van der Waals surface area (Å²) in [5.41, 5.74) is 0. The number of nitrogens with zero attached hydrogens (tertiary/aromatic N) is 2. The third-order valence-corrected chi connectivity index (χ3v) is 3.88. The standard InChI is InChI=1S/C8H5ClN2OS3/c9-6-2-1-5(15-6)3-10-11-7(12)4-14-8(11)13/h1-4,12H/b10-3+. The first-order valence-corrected chi connectivity index (χ1v) is 6.34. The molecule has 3 nitrogen and oxygen atoms in total. The highest BCUT2D eigenvalue weighted by Crippen LogP contribution is 2.21. The first-order valence-electron chi connectivity index (χ1n) is 3.86. The number of aromatic hydroxyl groups is 1. The van der Waals surface area contributed by atoms with Crippen LogP contribution >= 0.6 is 46.5 Å². The normalized spacial score (nSPS) is 11.3. The van der Waals surface area contributed by atoms with Crippen LogP contribution in [0.1, 0.15) is 4.88 Å². The average molecular weight is 277 g/mol. The van der Waals surface area contributed by atoms with Crippen molar-refractivity contribution in [2.24, 2.45) is 5.10 Å². The molecule has 0 amide bonds. The number of halogens is 1. The second-order valence-corrected chi connectivity index (χ2v) is 5.81. The number of hydrogen-bond donors (Lipinski definition) is 1. The van der Waals surface area contributed by atoms with Gasteiger partial charge < -0.3 is 5.11 Å². The van der Waals surface area contributed by atoms with Crippen molar-refractivity contribution in [3.63, 3.8) is 0 Å². The second-order valence-electron chi connectivity index (χ2n) is 2.56. The van der Waals surface area contributed by atoms with E-state index in [1.165, 1.54) is 27.3 Å². The van der Waals surface area contributed by atoms with Gasteiger partial charge in [0.15, 0.2) is 3.95 Å². The fraction of sp³-hybridized carbons (Fsp3) is 0. The first-order chi connectivity index (χ1) is 7.16. The van der Waals surface area contributed by atoms with E-state index in [9.17, 15) is 5.11 Å². The van der Waals surface area contributed by atoms with Crippen molar-refractivity contribution in [3.8, 4) is 5.88 Å². The van der Waals surface area contributed by atoms with Gasteiger partial charge in [0.2, 0.25) is 5.88 Å². The molecule has 0 saturated carbocycles. The van der Waals surface area contributed by atoms with E-state index in [2.05, 4.69) is 5.10 Å². The van der Waals surface area contributed by atoms with Crippen LogP contribution in [0, 0.1) is 3.95 Å². The van der Waals surface area contributed by atoms with Gasteiger partial charge in [0.1, 0.15) is 0 Å². The molecule has 0 aliphatic carbocycles. The van der Waals surface area contributed by atoms with Gasteiger partial charge in [-0.05, 0) is 24.4 Å². The highest BCUT2D eigenvalue weighted by atomic mass is 35.5. The van der Waals surface area contributed by atoms with E-state index in [0.29, 0.717) is 8.29 Å². The SMILES string of the molecule is Oc1csc(=S)n1/N=C/c1ccc(Cl)s1. The molecule has 0 saturated heterocycles. The average Bonchev–Trinajstić information content (AvgIpc) is 2.73. The van der Waals surface area contributed by atoms with E-state index in [1.54, 1.807) is 17.7 Å². The van der Waals surface area contributed by atoms with Crippen LogP contribution in [-0.4, -0.2) is 16.0 Å². The van der Waals surface area contributed by atoms with Crippen LogP contribution < -0.4 is 0 Å². The van der Waals surface area contributed by atoms with Crippen LogP contribution in [0.15, 0.2) is 22.6 Å². The third kappa shape index (κ3) is 2.46. The largest absolute Gasteiger partial charge is 0.493 e. The van der Waals surface area contributed by atoms with E-state index >= 15 is 0 Å². The lowest BCUT2D eigenvalue weighted by atomic mass is 10.5. The Hall–Kier alpha value is -0.690. The Morgan fingerprint density at radius 3 is 2.87 bits per heavy atom. The van der Waals surface area contributed by atoms with Crippen molar-refractivity contribution in [1.82, 2.24) is 4.68 Å². The van der Waals surface area contributed by atoms with Gasteiger partial charge in [-0.15, -0.1) is 22.7 Å². The summed E-state index contributed by atoms with van der Waals surface area (Å²) in [6.45, 7) is 0. The van der Waals surface area contributed by atoms with Gasteiger partial charge in [0.25, 0.3) is 0 Å². The summed E-state index contributed by atoms with van der Waals surface area (Å²) in [4.78, 5) is 0.910. The summed E-state index contributed by atoms with van der Waals surface area (Å²) in [5, 5.41) is 15.0. The van der Waals surface area contributed by atoms with Crippen LogP contribution in [-0.2, 0) is 0 Å². The van der Waals surface area contributed by atoms with E-state index in [0.717, 1.165) is 4.88 Å². The van der Waals surface area contributed by atoms with Crippen molar-refractivity contribution < 1.29 is 5.11 Å². The summed E-state index contributed by atoms with van der Waals surface area (Å²) in [6, 6.07) is 3.64. The Labute approximate surface area is 104 Å². The smallest absolute Gasteiger partial charge is 0.224 e. The maximum absolute atomic E-state index is 9.38. The second kappa shape index (κ2) is 4.44. The predicted octanol–water partition coefficient (Wildman–Crippen LogP) is 3.58. The lowest BCUT2D eigenvalue weighted by Crippen LogP contribution is -1.87. The molecule has 78 valence electrons. The fourth-order valence-electron chi connectivity index (χ4n) is 0.915. The number of thiazole rings is 1. The monoisotopic (exact) mass is 276 g/mol. The molecule has 0 atom stereocenters. The highest BCUT2D eigenvalue weighted by Gasteiger charge is 1.99. The number of thiophene rings is 1. The zero-order valence-corrected chi connectivity index (χ0v) is 10.5. The molecule has 0 fully saturated rings. The lowest BCUT2D eigenvalue weighted by Gasteiger charge is -1.92. The van der Waals surface area contributed by atoms with Crippen molar-refractivity contribution in [2.75, 3.05) is 0 Å². The molecule has 7 heteroatoms. The van der Waals surface area contributed by atoms with Crippen molar-refractivity contribution >= 4 is 52.7 Å². The predicted molar refractivity (Wildman–Crippen MR) is 67.1 cm³/mol. The minimum Gasteiger partial charge on any atom is -0.493 e. The molecule has 2 heterocycles. The van der Waals surface area contributed by atoms with Crippen LogP contribution in [0.25, 0.3) is 0 Å². The molecular weight excluding hydrogens is 272 g/mol. The minimum absolute atomic E-state index is 0.0453. The molecule has 0 bridgehead atoms. The summed E-state index contributed by atoms with van der Waals surface area (Å²) in [7, 11) is 0. The summed E-state index contributed by atoms with van der Waals surface area (Å²) in [6.07, 6.45) is 1.61. The van der Waals surface area contributed by atoms with Gasteiger partial charge in [-0.2, -0.15) is 9.78 Å². The quantitative estimate of drug-likeness (QED) is 0.672. The fourth-order valence-corrected chi connectivity index (χ4v) is 2.67. The zero-order chi connectivity index (χ0) is 10.8. The van der Waals surface area contributed by atoms with Gasteiger partial charge in [-0.25, -0.2) is 0 Å². The molecule has 0 aliphatic heterocycles. The van der Waals surface area contributed by atoms with Crippen LogP contribution in [0.5, 0.6) is 5.88 Å². The van der Waals surface area contributed by atoms with E-state index in [4.69, 9.17) is 23.8 Å². The van der Waals surface area contributed by atoms with Crippen LogP contribution in [0.4, 0.5) is 0 Å². The molecular formula is C8H5ClN2OS3. The van der Waals surface area contributed by atoms with Crippen molar-refractivity contribution in [3.05, 3.63) is 30.7 Å². The minimum atomic E-state index is 0.0453. The summed E-state index contributed by atoms with van der Waals surface area (Å²) < 4.78 is 2.51. The van der Waals surface area contributed by atoms with Gasteiger partial charge in [0, 0.05) is 4.88 Å². The summed E-state index contributed by atoms with van der Waals surface area (Å²) >= 11 is 13.4. The Morgan fingerprint density at radius 2 is 2.33 bits per heavy atom. The van der Waals surface area contributed by atoms with E-state index in [1.807, 2.05) is 6.07 Å². The Bertz CT molecular complexity index is 554. The van der Waals surface area contributed by atoms with E-state index in [-0.39, 0.29) is 5.88 Å². The van der Waals surface area contributed by atoms with E-state index < -0.39 is 0 Å². The molecule has 0 radical (unpaired) electrons. The van der Waals surface area contributed by atoms with Crippen LogP contribution in [0.2, 0.25) is 4.34 Å². The molecule has 2 rings (SSSR count). The van der Waals surface area contributed by atoms with Gasteiger partial charge >= 0.3 is 0 Å². The number of rotatable bonds is 2. The molecule has 0 aliphatic rings. The Balaban J connectivity index is 2.29. The topological polar surface area (TPSA) is 37.5 Å². The molecule has 0 aromatic carbocycles. The third-order valence-electron chi connectivity index (χ3n) is 1.55. The van der Waals surface area contributed by atoms with Gasteiger partial charge in [-0.3, -0.25) is 0 Å². The molecule has 2 aromatic heterocycles. The number of hydrogen-bond acceptors (Lipinski definition) is 5. The first kappa shape index (κ1) is 10.8. The maximum Gasteiger partial charge on any atom is 0.224 e. The molecule has 0 unspecified atom stereocenters. The van der Waals surface area contributed by atoms with Gasteiger partial charge in [0.05, 0.1) is 15.9 Å². The number of aromatic nitrogens is 1. The summed E-state index contributed by atoms with van der Waals surface area (Å²) in [5.74, 6) is 0.0453. The molecule has 1 N–H and O–H groups in total. The lowest BCUT2D eigenvalue weighted by molar-refractivity contribution is 0.429.